The molecule has 0 bridgehead atoms. The molecule has 0 atom stereocenters. The third-order valence-electron chi connectivity index (χ3n) is 4.35. The summed E-state index contributed by atoms with van der Waals surface area (Å²) in [6.07, 6.45) is 2.60. The number of carbonyl (C=O) groups is 1. The van der Waals surface area contributed by atoms with E-state index in [4.69, 9.17) is 0 Å². The standard InChI is InChI=1S/C21H18N4O2S/c26-19(9-8-16-13-28-21(24-16)18-7-3-4-10-22-18)23-12-15-11-14-5-1-2-6-17(14)25-20(15)27/h1-7,10-11,13H,8-9,12H2,(H,23,26)(H,25,27). The van der Waals surface area contributed by atoms with Crippen molar-refractivity contribution in [3.8, 4) is 10.7 Å². The van der Waals surface area contributed by atoms with Crippen LogP contribution in [0.15, 0.2) is 64.9 Å². The van der Waals surface area contributed by atoms with E-state index >= 15 is 0 Å². The van der Waals surface area contributed by atoms with E-state index in [1.807, 2.05) is 53.9 Å². The molecule has 140 valence electrons. The number of carbonyl (C=O) groups excluding carboxylic acids is 1. The predicted octanol–water partition coefficient (Wildman–Crippen LogP) is 3.30. The van der Waals surface area contributed by atoms with E-state index in [1.54, 1.807) is 6.20 Å². The molecule has 4 rings (SSSR count). The number of fused-ring (bicyclic) bond motifs is 1. The minimum absolute atomic E-state index is 0.111. The molecule has 0 saturated heterocycles. The van der Waals surface area contributed by atoms with E-state index in [0.29, 0.717) is 18.4 Å². The molecule has 2 N–H and O–H groups in total. The molecule has 28 heavy (non-hydrogen) atoms. The molecule has 0 radical (unpaired) electrons. The Morgan fingerprint density at radius 3 is 2.86 bits per heavy atom. The van der Waals surface area contributed by atoms with Gasteiger partial charge in [0.25, 0.3) is 5.56 Å². The van der Waals surface area contributed by atoms with Crippen LogP contribution in [0.25, 0.3) is 21.6 Å². The van der Waals surface area contributed by atoms with Gasteiger partial charge in [0, 0.05) is 35.6 Å². The van der Waals surface area contributed by atoms with Crippen molar-refractivity contribution >= 4 is 28.1 Å². The van der Waals surface area contributed by atoms with E-state index in [0.717, 1.165) is 27.3 Å². The van der Waals surface area contributed by atoms with Gasteiger partial charge in [0.2, 0.25) is 5.91 Å². The highest BCUT2D eigenvalue weighted by atomic mass is 32.1. The van der Waals surface area contributed by atoms with Crippen molar-refractivity contribution in [3.05, 3.63) is 81.7 Å². The summed E-state index contributed by atoms with van der Waals surface area (Å²) in [6.45, 7) is 0.204. The van der Waals surface area contributed by atoms with Gasteiger partial charge in [-0.1, -0.05) is 24.3 Å². The summed E-state index contributed by atoms with van der Waals surface area (Å²) in [4.78, 5) is 36.0. The lowest BCUT2D eigenvalue weighted by Crippen LogP contribution is -2.26. The van der Waals surface area contributed by atoms with Gasteiger partial charge in [-0.15, -0.1) is 11.3 Å². The number of aromatic amines is 1. The zero-order valence-corrected chi connectivity index (χ0v) is 15.8. The summed E-state index contributed by atoms with van der Waals surface area (Å²) in [5, 5.41) is 6.55. The summed E-state index contributed by atoms with van der Waals surface area (Å²) in [5.41, 5.74) is 2.84. The van der Waals surface area contributed by atoms with Gasteiger partial charge >= 0.3 is 0 Å². The Morgan fingerprint density at radius 1 is 1.14 bits per heavy atom. The average Bonchev–Trinajstić information content (AvgIpc) is 3.20. The first-order chi connectivity index (χ1) is 13.7. The lowest BCUT2D eigenvalue weighted by atomic mass is 10.1. The maximum absolute atomic E-state index is 12.2. The Morgan fingerprint density at radius 2 is 2.00 bits per heavy atom. The average molecular weight is 390 g/mol. The number of rotatable bonds is 6. The fourth-order valence-electron chi connectivity index (χ4n) is 2.88. The van der Waals surface area contributed by atoms with Gasteiger partial charge in [-0.2, -0.15) is 0 Å². The smallest absolute Gasteiger partial charge is 0.253 e. The van der Waals surface area contributed by atoms with Crippen LogP contribution >= 0.6 is 11.3 Å². The van der Waals surface area contributed by atoms with E-state index in [2.05, 4.69) is 20.3 Å². The molecule has 0 unspecified atom stereocenters. The molecular formula is C21H18N4O2S. The molecule has 6 nitrogen and oxygen atoms in total. The molecule has 0 aliphatic heterocycles. The Kier molecular flexibility index (Phi) is 5.25. The number of nitrogens with zero attached hydrogens (tertiary/aromatic N) is 2. The Hall–Kier alpha value is -3.32. The summed E-state index contributed by atoms with van der Waals surface area (Å²) in [5.74, 6) is -0.111. The fraction of sp³-hybridized carbons (Fsp3) is 0.143. The number of hydrogen-bond donors (Lipinski definition) is 2. The zero-order chi connectivity index (χ0) is 19.3. The van der Waals surface area contributed by atoms with Crippen LogP contribution in [-0.2, 0) is 17.8 Å². The second-order valence-corrected chi connectivity index (χ2v) is 7.20. The molecular weight excluding hydrogens is 372 g/mol. The van der Waals surface area contributed by atoms with Crippen LogP contribution in [-0.4, -0.2) is 20.9 Å². The summed E-state index contributed by atoms with van der Waals surface area (Å²) in [6, 6.07) is 15.1. The van der Waals surface area contributed by atoms with Crippen molar-refractivity contribution in [2.75, 3.05) is 0 Å². The molecule has 7 heteroatoms. The van der Waals surface area contributed by atoms with Crippen LogP contribution in [0, 0.1) is 0 Å². The largest absolute Gasteiger partial charge is 0.352 e. The maximum atomic E-state index is 12.2. The second kappa shape index (κ2) is 8.14. The summed E-state index contributed by atoms with van der Waals surface area (Å²) >= 11 is 1.52. The molecule has 0 fully saturated rings. The topological polar surface area (TPSA) is 87.7 Å². The molecule has 0 aliphatic carbocycles. The highest BCUT2D eigenvalue weighted by molar-refractivity contribution is 7.13. The molecule has 0 aliphatic rings. The van der Waals surface area contributed by atoms with Crippen LogP contribution in [0.4, 0.5) is 0 Å². The van der Waals surface area contributed by atoms with Crippen molar-refractivity contribution in [1.29, 1.82) is 0 Å². The summed E-state index contributed by atoms with van der Waals surface area (Å²) < 4.78 is 0. The normalized spacial score (nSPS) is 10.9. The molecule has 3 heterocycles. The maximum Gasteiger partial charge on any atom is 0.253 e. The molecule has 0 saturated carbocycles. The van der Waals surface area contributed by atoms with E-state index < -0.39 is 0 Å². The lowest BCUT2D eigenvalue weighted by Gasteiger charge is -2.06. The van der Waals surface area contributed by atoms with Crippen molar-refractivity contribution in [1.82, 2.24) is 20.3 Å². The van der Waals surface area contributed by atoms with Gasteiger partial charge in [0.15, 0.2) is 0 Å². The Bertz CT molecular complexity index is 1170. The van der Waals surface area contributed by atoms with Crippen LogP contribution in [0.2, 0.25) is 0 Å². The van der Waals surface area contributed by atoms with Gasteiger partial charge in [-0.3, -0.25) is 14.6 Å². The Labute approximate surface area is 165 Å². The van der Waals surface area contributed by atoms with Crippen LogP contribution in [0.3, 0.4) is 0 Å². The van der Waals surface area contributed by atoms with Gasteiger partial charge in [-0.25, -0.2) is 4.98 Å². The fourth-order valence-corrected chi connectivity index (χ4v) is 3.71. The lowest BCUT2D eigenvalue weighted by molar-refractivity contribution is -0.121. The molecule has 4 aromatic rings. The van der Waals surface area contributed by atoms with Gasteiger partial charge in [-0.05, 0) is 36.1 Å². The number of amides is 1. The van der Waals surface area contributed by atoms with Crippen molar-refractivity contribution in [3.63, 3.8) is 0 Å². The van der Waals surface area contributed by atoms with E-state index in [-0.39, 0.29) is 18.0 Å². The van der Waals surface area contributed by atoms with Crippen molar-refractivity contribution in [2.24, 2.45) is 0 Å². The second-order valence-electron chi connectivity index (χ2n) is 6.35. The number of thiazole rings is 1. The minimum atomic E-state index is -0.182. The van der Waals surface area contributed by atoms with Crippen LogP contribution in [0.5, 0.6) is 0 Å². The molecule has 1 aromatic carbocycles. The SMILES string of the molecule is O=C(CCc1csc(-c2ccccn2)n1)NCc1cc2ccccc2[nH]c1=O. The number of aromatic nitrogens is 3. The molecule has 3 aromatic heterocycles. The number of aryl methyl sites for hydroxylation is 1. The highest BCUT2D eigenvalue weighted by Crippen LogP contribution is 2.21. The first kappa shape index (κ1) is 18.1. The van der Waals surface area contributed by atoms with Crippen LogP contribution in [0.1, 0.15) is 17.7 Å². The Balaban J connectivity index is 1.34. The van der Waals surface area contributed by atoms with Crippen LogP contribution < -0.4 is 10.9 Å². The minimum Gasteiger partial charge on any atom is -0.352 e. The number of hydrogen-bond acceptors (Lipinski definition) is 5. The highest BCUT2D eigenvalue weighted by Gasteiger charge is 2.09. The summed E-state index contributed by atoms with van der Waals surface area (Å²) in [7, 11) is 0. The number of benzene rings is 1. The zero-order valence-electron chi connectivity index (χ0n) is 15.0. The van der Waals surface area contributed by atoms with E-state index in [1.165, 1.54) is 11.3 Å². The quantitative estimate of drug-likeness (QED) is 0.529. The van der Waals surface area contributed by atoms with Gasteiger partial charge in [0.1, 0.15) is 5.01 Å². The van der Waals surface area contributed by atoms with Crippen molar-refractivity contribution in [2.45, 2.75) is 19.4 Å². The predicted molar refractivity (Wildman–Crippen MR) is 110 cm³/mol. The third-order valence-corrected chi connectivity index (χ3v) is 5.26. The van der Waals surface area contributed by atoms with Gasteiger partial charge < -0.3 is 10.3 Å². The first-order valence-electron chi connectivity index (χ1n) is 8.92. The number of pyridine rings is 2. The van der Waals surface area contributed by atoms with Crippen molar-refractivity contribution < 1.29 is 4.79 Å². The first-order valence-corrected chi connectivity index (χ1v) is 9.80. The number of para-hydroxylation sites is 1. The number of H-pyrrole nitrogens is 1. The number of nitrogens with one attached hydrogen (secondary N) is 2. The molecule has 0 spiro atoms. The van der Waals surface area contributed by atoms with Gasteiger partial charge in [0.05, 0.1) is 11.4 Å². The third kappa shape index (κ3) is 4.15. The monoisotopic (exact) mass is 390 g/mol. The van der Waals surface area contributed by atoms with E-state index in [9.17, 15) is 9.59 Å². The molecule has 1 amide bonds.